The van der Waals surface area contributed by atoms with Crippen LogP contribution in [0.15, 0.2) is 24.3 Å². The number of fused-ring (bicyclic) bond motifs is 3. The zero-order chi connectivity index (χ0) is 21.1. The molecule has 0 bridgehead atoms. The van der Waals surface area contributed by atoms with Crippen LogP contribution in [0, 0.1) is 11.6 Å². The first-order chi connectivity index (χ1) is 13.5. The van der Waals surface area contributed by atoms with Crippen LogP contribution < -0.4 is 10.2 Å². The first-order valence-corrected chi connectivity index (χ1v) is 9.27. The minimum Gasteiger partial charge on any atom is -0.488 e. The first-order valence-electron chi connectivity index (χ1n) is 9.27. The van der Waals surface area contributed by atoms with Gasteiger partial charge in [-0.05, 0) is 51.5 Å². The SMILES string of the molecule is COC(=O)c1cc2c(cc1F)-c1cc(B3OC(C)(C)C(C)(C)O3)c(F)cc1CO2. The van der Waals surface area contributed by atoms with Crippen LogP contribution in [0.25, 0.3) is 11.1 Å². The summed E-state index contributed by atoms with van der Waals surface area (Å²) < 4.78 is 51.5. The van der Waals surface area contributed by atoms with Crippen LogP contribution >= 0.6 is 0 Å². The Morgan fingerprint density at radius 2 is 1.66 bits per heavy atom. The largest absolute Gasteiger partial charge is 0.497 e. The summed E-state index contributed by atoms with van der Waals surface area (Å²) >= 11 is 0. The Kier molecular flexibility index (Phi) is 4.47. The lowest BCUT2D eigenvalue weighted by Crippen LogP contribution is -2.41. The van der Waals surface area contributed by atoms with E-state index in [1.807, 2.05) is 27.7 Å². The topological polar surface area (TPSA) is 54.0 Å². The average molecular weight is 402 g/mol. The van der Waals surface area contributed by atoms with E-state index in [1.54, 1.807) is 6.07 Å². The van der Waals surface area contributed by atoms with Crippen LogP contribution in [0.2, 0.25) is 0 Å². The standard InChI is InChI=1S/C21H21BF2O5/c1-20(2)21(3,4)29-22(28-20)15-7-12-11(6-17(15)24)10-27-18-9-14(19(25)26-5)16(23)8-13(12)18/h6-9H,10H2,1-5H3. The van der Waals surface area contributed by atoms with Gasteiger partial charge in [-0.1, -0.05) is 6.07 Å². The third-order valence-corrected chi connectivity index (χ3v) is 5.88. The molecule has 2 aromatic rings. The molecule has 2 heterocycles. The molecule has 29 heavy (non-hydrogen) atoms. The molecule has 0 amide bonds. The Morgan fingerprint density at radius 3 is 2.28 bits per heavy atom. The fourth-order valence-electron chi connectivity index (χ4n) is 3.46. The van der Waals surface area contributed by atoms with E-state index in [1.165, 1.54) is 25.3 Å². The number of rotatable bonds is 2. The second kappa shape index (κ2) is 6.54. The molecule has 0 radical (unpaired) electrons. The van der Waals surface area contributed by atoms with Gasteiger partial charge in [0.25, 0.3) is 0 Å². The molecule has 0 saturated carbocycles. The van der Waals surface area contributed by atoms with Gasteiger partial charge in [0.2, 0.25) is 0 Å². The summed E-state index contributed by atoms with van der Waals surface area (Å²) in [4.78, 5) is 11.8. The van der Waals surface area contributed by atoms with Crippen molar-refractivity contribution in [3.05, 3.63) is 47.0 Å². The molecule has 1 saturated heterocycles. The lowest BCUT2D eigenvalue weighted by Gasteiger charge is -2.32. The van der Waals surface area contributed by atoms with Crippen molar-refractivity contribution in [3.8, 4) is 16.9 Å². The maximum atomic E-state index is 14.9. The summed E-state index contributed by atoms with van der Waals surface area (Å²) in [7, 11) is 0.285. The number of carbonyl (C=O) groups excluding carboxylic acids is 1. The number of carbonyl (C=O) groups is 1. The van der Waals surface area contributed by atoms with Crippen LogP contribution in [0.5, 0.6) is 5.75 Å². The predicted molar refractivity (Wildman–Crippen MR) is 103 cm³/mol. The van der Waals surface area contributed by atoms with Gasteiger partial charge in [-0.3, -0.25) is 0 Å². The second-order valence-electron chi connectivity index (χ2n) is 8.23. The van der Waals surface area contributed by atoms with Crippen LogP contribution in [0.3, 0.4) is 0 Å². The fraction of sp³-hybridized carbons (Fsp3) is 0.381. The van der Waals surface area contributed by atoms with Gasteiger partial charge < -0.3 is 18.8 Å². The Labute approximate surface area is 168 Å². The van der Waals surface area contributed by atoms with E-state index >= 15 is 0 Å². The van der Waals surface area contributed by atoms with E-state index in [9.17, 15) is 13.6 Å². The van der Waals surface area contributed by atoms with Crippen molar-refractivity contribution >= 4 is 18.6 Å². The highest BCUT2D eigenvalue weighted by molar-refractivity contribution is 6.62. The van der Waals surface area contributed by atoms with Gasteiger partial charge in [-0.15, -0.1) is 0 Å². The lowest BCUT2D eigenvalue weighted by atomic mass is 9.76. The minimum atomic E-state index is -0.893. The highest BCUT2D eigenvalue weighted by atomic mass is 19.1. The molecule has 4 rings (SSSR count). The van der Waals surface area contributed by atoms with E-state index in [2.05, 4.69) is 4.74 Å². The Balaban J connectivity index is 1.80. The first kappa shape index (κ1) is 19.9. The molecule has 0 aromatic heterocycles. The molecular formula is C21H21BF2O5. The third kappa shape index (κ3) is 3.11. The molecule has 0 atom stereocenters. The summed E-state index contributed by atoms with van der Waals surface area (Å²) in [5.74, 6) is -1.70. The summed E-state index contributed by atoms with van der Waals surface area (Å²) in [6.45, 7) is 7.63. The van der Waals surface area contributed by atoms with Gasteiger partial charge in [0.1, 0.15) is 24.0 Å². The van der Waals surface area contributed by atoms with Gasteiger partial charge in [-0.2, -0.15) is 0 Å². The van der Waals surface area contributed by atoms with Crippen molar-refractivity contribution in [3.63, 3.8) is 0 Å². The third-order valence-electron chi connectivity index (χ3n) is 5.88. The van der Waals surface area contributed by atoms with E-state index < -0.39 is 35.9 Å². The zero-order valence-electron chi connectivity index (χ0n) is 16.9. The molecule has 152 valence electrons. The molecular weight excluding hydrogens is 381 g/mol. The number of benzene rings is 2. The predicted octanol–water partition coefficient (Wildman–Crippen LogP) is 3.61. The van der Waals surface area contributed by atoms with Crippen LogP contribution in [0.4, 0.5) is 8.78 Å². The zero-order valence-corrected chi connectivity index (χ0v) is 16.9. The number of methoxy groups -OCH3 is 1. The molecule has 5 nitrogen and oxygen atoms in total. The minimum absolute atomic E-state index is 0.0924. The Hall–Kier alpha value is -2.45. The number of ether oxygens (including phenoxy) is 2. The van der Waals surface area contributed by atoms with E-state index in [-0.39, 0.29) is 17.6 Å². The number of hydrogen-bond acceptors (Lipinski definition) is 5. The molecule has 8 heteroatoms. The molecule has 2 aromatic carbocycles. The molecule has 2 aliphatic heterocycles. The van der Waals surface area contributed by atoms with E-state index in [4.69, 9.17) is 14.0 Å². The summed E-state index contributed by atoms with van der Waals surface area (Å²) in [5.41, 5.74) is 0.364. The number of esters is 1. The van der Waals surface area contributed by atoms with E-state index in [0.717, 1.165) is 0 Å². The van der Waals surface area contributed by atoms with Gasteiger partial charge in [0.05, 0.1) is 23.9 Å². The molecule has 2 aliphatic rings. The normalized spacial score (nSPS) is 18.7. The molecule has 0 aliphatic carbocycles. The van der Waals surface area contributed by atoms with Gasteiger partial charge in [0, 0.05) is 16.6 Å². The van der Waals surface area contributed by atoms with Crippen molar-refractivity contribution in [1.29, 1.82) is 0 Å². The van der Waals surface area contributed by atoms with Crippen molar-refractivity contribution in [2.24, 2.45) is 0 Å². The summed E-state index contributed by atoms with van der Waals surface area (Å²) in [6.07, 6.45) is 0. The van der Waals surface area contributed by atoms with Gasteiger partial charge in [-0.25, -0.2) is 13.6 Å². The Morgan fingerprint density at radius 1 is 1.00 bits per heavy atom. The summed E-state index contributed by atoms with van der Waals surface area (Å²) in [5, 5.41) is 0. The quantitative estimate of drug-likeness (QED) is 0.568. The highest BCUT2D eigenvalue weighted by Crippen LogP contribution is 2.41. The maximum absolute atomic E-state index is 14.9. The lowest BCUT2D eigenvalue weighted by molar-refractivity contribution is 0.00578. The van der Waals surface area contributed by atoms with Gasteiger partial charge >= 0.3 is 13.1 Å². The molecule has 0 spiro atoms. The summed E-state index contributed by atoms with van der Waals surface area (Å²) in [6, 6.07) is 5.46. The van der Waals surface area contributed by atoms with E-state index in [0.29, 0.717) is 22.4 Å². The number of hydrogen-bond donors (Lipinski definition) is 0. The molecule has 1 fully saturated rings. The van der Waals surface area contributed by atoms with Crippen LogP contribution in [0.1, 0.15) is 43.6 Å². The average Bonchev–Trinajstić information content (AvgIpc) is 2.87. The highest BCUT2D eigenvalue weighted by Gasteiger charge is 2.52. The fourth-order valence-corrected chi connectivity index (χ4v) is 3.46. The number of halogens is 2. The van der Waals surface area contributed by atoms with Crippen LogP contribution in [-0.2, 0) is 20.7 Å². The molecule has 0 N–H and O–H groups in total. The van der Waals surface area contributed by atoms with Crippen molar-refractivity contribution in [2.75, 3.05) is 7.11 Å². The van der Waals surface area contributed by atoms with Crippen molar-refractivity contribution in [1.82, 2.24) is 0 Å². The van der Waals surface area contributed by atoms with Gasteiger partial charge in [0.15, 0.2) is 0 Å². The monoisotopic (exact) mass is 402 g/mol. The maximum Gasteiger partial charge on any atom is 0.497 e. The second-order valence-corrected chi connectivity index (χ2v) is 8.23. The van der Waals surface area contributed by atoms with Crippen molar-refractivity contribution < 1.29 is 32.4 Å². The Bertz CT molecular complexity index is 1000. The van der Waals surface area contributed by atoms with Crippen LogP contribution in [-0.4, -0.2) is 31.4 Å². The smallest absolute Gasteiger partial charge is 0.488 e. The van der Waals surface area contributed by atoms with Crippen molar-refractivity contribution in [2.45, 2.75) is 45.5 Å². The molecule has 0 unspecified atom stereocenters.